The molecule has 2 N–H and O–H groups in total. The number of carbonyl (C=O) groups excluding carboxylic acids is 2. The molecule has 10 nitrogen and oxygen atoms in total. The van der Waals surface area contributed by atoms with E-state index >= 15 is 0 Å². The number of hydrogen-bond acceptors (Lipinski definition) is 10. The quantitative estimate of drug-likeness (QED) is 0.301. The molecule has 0 saturated carbocycles. The second kappa shape index (κ2) is 10.7. The van der Waals surface area contributed by atoms with Crippen molar-refractivity contribution >= 4 is 50.1 Å². The summed E-state index contributed by atoms with van der Waals surface area (Å²) in [4.78, 5) is 23.8. The van der Waals surface area contributed by atoms with Crippen LogP contribution in [-0.2, 0) is 19.6 Å². The van der Waals surface area contributed by atoms with E-state index in [-0.39, 0.29) is 39.1 Å². The number of methoxy groups -OCH3 is 1. The topological polar surface area (TPSA) is 137 Å². The van der Waals surface area contributed by atoms with E-state index < -0.39 is 15.9 Å². The van der Waals surface area contributed by atoms with Gasteiger partial charge in [-0.1, -0.05) is 23.1 Å². The van der Waals surface area contributed by atoms with Gasteiger partial charge in [-0.05, 0) is 39.0 Å². The molecule has 0 bridgehead atoms. The van der Waals surface area contributed by atoms with E-state index in [4.69, 9.17) is 9.47 Å². The second-order valence-corrected chi connectivity index (χ2v) is 9.94. The van der Waals surface area contributed by atoms with Gasteiger partial charge in [0.15, 0.2) is 4.34 Å². The van der Waals surface area contributed by atoms with Gasteiger partial charge in [0.05, 0.1) is 19.5 Å². The van der Waals surface area contributed by atoms with E-state index in [9.17, 15) is 18.0 Å². The number of hydrogen-bond donors (Lipinski definition) is 2. The van der Waals surface area contributed by atoms with Crippen LogP contribution in [0.2, 0.25) is 0 Å². The molecule has 13 heteroatoms. The highest BCUT2D eigenvalue weighted by Crippen LogP contribution is 2.28. The molecular weight excluding hydrogens is 452 g/mol. The molecule has 1 amide bonds. The van der Waals surface area contributed by atoms with Crippen LogP contribution >= 0.6 is 23.1 Å². The lowest BCUT2D eigenvalue weighted by molar-refractivity contribution is -0.139. The van der Waals surface area contributed by atoms with Gasteiger partial charge < -0.3 is 9.47 Å². The molecule has 1 heterocycles. The number of thioether (sulfide) groups is 1. The minimum Gasteiger partial charge on any atom is -0.495 e. The molecule has 164 valence electrons. The van der Waals surface area contributed by atoms with Crippen molar-refractivity contribution in [2.75, 3.05) is 24.8 Å². The SMILES string of the molecule is CCOC(=O)CSc1nnc(NC(=O)c2ccc(OC)c(S(=O)(=O)NC(C)C)c2)s1. The fourth-order valence-corrected chi connectivity index (χ4v) is 5.20. The van der Waals surface area contributed by atoms with Crippen LogP contribution in [0.4, 0.5) is 5.13 Å². The molecule has 0 saturated heterocycles. The van der Waals surface area contributed by atoms with Crippen LogP contribution < -0.4 is 14.8 Å². The Labute approximate surface area is 182 Å². The zero-order valence-electron chi connectivity index (χ0n) is 16.8. The van der Waals surface area contributed by atoms with Gasteiger partial charge >= 0.3 is 5.97 Å². The molecule has 2 aromatic rings. The molecule has 0 radical (unpaired) electrons. The number of carbonyl (C=O) groups is 2. The van der Waals surface area contributed by atoms with E-state index in [1.54, 1.807) is 20.8 Å². The van der Waals surface area contributed by atoms with Crippen LogP contribution in [0.25, 0.3) is 0 Å². The highest BCUT2D eigenvalue weighted by atomic mass is 32.2. The van der Waals surface area contributed by atoms with E-state index in [1.807, 2.05) is 0 Å². The zero-order valence-corrected chi connectivity index (χ0v) is 19.2. The van der Waals surface area contributed by atoms with Gasteiger partial charge in [-0.2, -0.15) is 0 Å². The van der Waals surface area contributed by atoms with Crippen LogP contribution in [0.1, 0.15) is 31.1 Å². The number of ether oxygens (including phenoxy) is 2. The first-order chi connectivity index (χ1) is 14.2. The van der Waals surface area contributed by atoms with Crippen molar-refractivity contribution in [3.63, 3.8) is 0 Å². The number of nitrogens with one attached hydrogen (secondary N) is 2. The molecule has 0 atom stereocenters. The van der Waals surface area contributed by atoms with Crippen LogP contribution in [-0.4, -0.2) is 56.0 Å². The third kappa shape index (κ3) is 6.65. The first-order valence-corrected chi connectivity index (χ1v) is 12.1. The lowest BCUT2D eigenvalue weighted by Gasteiger charge is -2.13. The number of esters is 1. The standard InChI is InChI=1S/C17H22N4O6S3/c1-5-27-14(22)9-28-17-20-19-16(29-17)18-15(23)11-6-7-12(26-4)13(8-11)30(24,25)21-10(2)3/h6-8,10,21H,5,9H2,1-4H3,(H,18,19,23). The Kier molecular flexibility index (Phi) is 8.58. The Bertz CT molecular complexity index is 1010. The number of benzene rings is 1. The maximum Gasteiger partial charge on any atom is 0.316 e. The fraction of sp³-hybridized carbons (Fsp3) is 0.412. The first-order valence-electron chi connectivity index (χ1n) is 8.80. The van der Waals surface area contributed by atoms with Gasteiger partial charge in [-0.3, -0.25) is 14.9 Å². The monoisotopic (exact) mass is 474 g/mol. The summed E-state index contributed by atoms with van der Waals surface area (Å²) in [7, 11) is -2.53. The maximum atomic E-state index is 12.6. The predicted molar refractivity (Wildman–Crippen MR) is 114 cm³/mol. The molecule has 0 spiro atoms. The van der Waals surface area contributed by atoms with Crippen molar-refractivity contribution < 1.29 is 27.5 Å². The Morgan fingerprint density at radius 2 is 2.00 bits per heavy atom. The molecule has 0 aliphatic rings. The number of anilines is 1. The largest absolute Gasteiger partial charge is 0.495 e. The smallest absolute Gasteiger partial charge is 0.316 e. The third-order valence-electron chi connectivity index (χ3n) is 3.35. The summed E-state index contributed by atoms with van der Waals surface area (Å²) < 4.78 is 38.0. The van der Waals surface area contributed by atoms with Crippen molar-refractivity contribution in [2.24, 2.45) is 0 Å². The summed E-state index contributed by atoms with van der Waals surface area (Å²) in [5.74, 6) is -0.728. The van der Waals surface area contributed by atoms with Gasteiger partial charge in [0, 0.05) is 11.6 Å². The molecule has 1 aromatic carbocycles. The summed E-state index contributed by atoms with van der Waals surface area (Å²) >= 11 is 2.23. The van der Waals surface area contributed by atoms with E-state index in [2.05, 4.69) is 20.2 Å². The zero-order chi connectivity index (χ0) is 22.3. The number of amides is 1. The highest BCUT2D eigenvalue weighted by molar-refractivity contribution is 8.01. The molecule has 1 aromatic heterocycles. The van der Waals surface area contributed by atoms with Crippen LogP contribution in [0, 0.1) is 0 Å². The Balaban J connectivity index is 2.14. The number of rotatable bonds is 10. The lowest BCUT2D eigenvalue weighted by atomic mass is 10.2. The summed E-state index contributed by atoms with van der Waals surface area (Å²) in [5, 5.41) is 10.5. The summed E-state index contributed by atoms with van der Waals surface area (Å²) in [6.45, 7) is 5.39. The Morgan fingerprint density at radius 3 is 2.63 bits per heavy atom. The number of aromatic nitrogens is 2. The average molecular weight is 475 g/mol. The third-order valence-corrected chi connectivity index (χ3v) is 6.98. The number of nitrogens with zero attached hydrogens (tertiary/aromatic N) is 2. The molecule has 0 fully saturated rings. The van der Waals surface area contributed by atoms with Crippen molar-refractivity contribution in [3.8, 4) is 5.75 Å². The van der Waals surface area contributed by atoms with Crippen LogP contribution in [0.3, 0.4) is 0 Å². The van der Waals surface area contributed by atoms with Gasteiger partial charge in [0.25, 0.3) is 5.91 Å². The van der Waals surface area contributed by atoms with Crippen LogP contribution in [0.15, 0.2) is 27.4 Å². The first kappa shape index (κ1) is 24.1. The predicted octanol–water partition coefficient (Wildman–Crippen LogP) is 2.14. The maximum absolute atomic E-state index is 12.6. The van der Waals surface area contributed by atoms with E-state index in [0.717, 1.165) is 23.1 Å². The normalized spacial score (nSPS) is 11.4. The van der Waals surface area contributed by atoms with Crippen molar-refractivity contribution in [2.45, 2.75) is 36.0 Å². The molecule has 0 aliphatic heterocycles. The molecule has 2 rings (SSSR count). The van der Waals surface area contributed by atoms with E-state index in [1.165, 1.54) is 25.3 Å². The van der Waals surface area contributed by atoms with Gasteiger partial charge in [-0.25, -0.2) is 13.1 Å². The Hall–Kier alpha value is -2.22. The fourth-order valence-electron chi connectivity index (χ4n) is 2.21. The van der Waals surface area contributed by atoms with E-state index in [0.29, 0.717) is 10.9 Å². The Morgan fingerprint density at radius 1 is 1.27 bits per heavy atom. The average Bonchev–Trinajstić information content (AvgIpc) is 3.12. The van der Waals surface area contributed by atoms with Crippen molar-refractivity contribution in [1.82, 2.24) is 14.9 Å². The van der Waals surface area contributed by atoms with Crippen molar-refractivity contribution in [3.05, 3.63) is 23.8 Å². The molecular formula is C17H22N4O6S3. The second-order valence-electron chi connectivity index (χ2n) is 6.06. The minimum atomic E-state index is -3.87. The summed E-state index contributed by atoms with van der Waals surface area (Å²) in [6.07, 6.45) is 0. The molecule has 0 aliphatic carbocycles. The van der Waals surface area contributed by atoms with Crippen LogP contribution in [0.5, 0.6) is 5.75 Å². The molecule has 0 unspecified atom stereocenters. The van der Waals surface area contributed by atoms with Gasteiger partial charge in [0.2, 0.25) is 15.2 Å². The summed E-state index contributed by atoms with van der Waals surface area (Å²) in [6, 6.07) is 3.75. The minimum absolute atomic E-state index is 0.0823. The van der Waals surface area contributed by atoms with Gasteiger partial charge in [-0.15, -0.1) is 10.2 Å². The highest BCUT2D eigenvalue weighted by Gasteiger charge is 2.23. The summed E-state index contributed by atoms with van der Waals surface area (Å²) in [5.41, 5.74) is 0.107. The number of sulfonamides is 1. The molecule has 30 heavy (non-hydrogen) atoms. The van der Waals surface area contributed by atoms with Crippen molar-refractivity contribution in [1.29, 1.82) is 0 Å². The van der Waals surface area contributed by atoms with Gasteiger partial charge in [0.1, 0.15) is 10.6 Å². The lowest BCUT2D eigenvalue weighted by Crippen LogP contribution is -2.30.